The van der Waals surface area contributed by atoms with Crippen molar-refractivity contribution in [3.8, 4) is 5.75 Å². The van der Waals surface area contributed by atoms with E-state index < -0.39 is 21.9 Å². The van der Waals surface area contributed by atoms with Crippen LogP contribution in [0.1, 0.15) is 13.3 Å². The third-order valence-corrected chi connectivity index (χ3v) is 5.12. The average molecular weight is 342 g/mol. The van der Waals surface area contributed by atoms with Gasteiger partial charge in [0.05, 0.1) is 25.2 Å². The molecule has 0 radical (unpaired) electrons. The second kappa shape index (κ2) is 6.86. The third kappa shape index (κ3) is 3.73. The van der Waals surface area contributed by atoms with Gasteiger partial charge in [-0.15, -0.1) is 0 Å². The van der Waals surface area contributed by atoms with Gasteiger partial charge in [0.1, 0.15) is 5.75 Å². The van der Waals surface area contributed by atoms with Crippen LogP contribution < -0.4 is 14.4 Å². The molecule has 0 unspecified atom stereocenters. The number of amides is 1. The predicted molar refractivity (Wildman–Crippen MR) is 84.0 cm³/mol. The SMILES string of the molecule is CCOC(=O)C(=O)Nc1ccc(N2CCCS2(=O)=O)c(OC)c1. The van der Waals surface area contributed by atoms with Crippen molar-refractivity contribution in [2.45, 2.75) is 13.3 Å². The van der Waals surface area contributed by atoms with E-state index in [-0.39, 0.29) is 18.1 Å². The van der Waals surface area contributed by atoms with Gasteiger partial charge in [-0.05, 0) is 25.5 Å². The van der Waals surface area contributed by atoms with Crippen LogP contribution >= 0.6 is 0 Å². The van der Waals surface area contributed by atoms with Gasteiger partial charge in [-0.2, -0.15) is 0 Å². The number of carbonyl (C=O) groups is 2. The molecule has 23 heavy (non-hydrogen) atoms. The molecule has 8 nitrogen and oxygen atoms in total. The molecule has 9 heteroatoms. The van der Waals surface area contributed by atoms with Crippen LogP contribution in [0.5, 0.6) is 5.75 Å². The van der Waals surface area contributed by atoms with Gasteiger partial charge < -0.3 is 14.8 Å². The number of sulfonamides is 1. The van der Waals surface area contributed by atoms with Crippen molar-refractivity contribution in [1.82, 2.24) is 0 Å². The van der Waals surface area contributed by atoms with Crippen molar-refractivity contribution in [2.75, 3.05) is 35.6 Å². The Morgan fingerprint density at radius 1 is 1.35 bits per heavy atom. The molecule has 1 amide bonds. The molecule has 0 aromatic heterocycles. The average Bonchev–Trinajstić information content (AvgIpc) is 2.86. The molecule has 0 aliphatic carbocycles. The van der Waals surface area contributed by atoms with Gasteiger partial charge in [0, 0.05) is 18.3 Å². The molecule has 0 saturated carbocycles. The van der Waals surface area contributed by atoms with Crippen molar-refractivity contribution >= 4 is 33.3 Å². The Bertz CT molecular complexity index is 716. The summed E-state index contributed by atoms with van der Waals surface area (Å²) in [7, 11) is -1.94. The second-order valence-electron chi connectivity index (χ2n) is 4.80. The number of ether oxygens (including phenoxy) is 2. The minimum absolute atomic E-state index is 0.0947. The number of rotatable bonds is 4. The maximum Gasteiger partial charge on any atom is 0.397 e. The summed E-state index contributed by atoms with van der Waals surface area (Å²) in [5.74, 6) is -1.51. The zero-order valence-electron chi connectivity index (χ0n) is 12.9. The Labute approximate surface area is 134 Å². The van der Waals surface area contributed by atoms with E-state index in [1.54, 1.807) is 6.92 Å². The summed E-state index contributed by atoms with van der Waals surface area (Å²) >= 11 is 0. The number of hydrogen-bond acceptors (Lipinski definition) is 6. The predicted octanol–water partition coefficient (Wildman–Crippen LogP) is 0.737. The molecule has 1 N–H and O–H groups in total. The van der Waals surface area contributed by atoms with Crippen LogP contribution in [-0.4, -0.2) is 46.3 Å². The van der Waals surface area contributed by atoms with E-state index >= 15 is 0 Å². The van der Waals surface area contributed by atoms with Crippen molar-refractivity contribution in [1.29, 1.82) is 0 Å². The number of methoxy groups -OCH3 is 1. The lowest BCUT2D eigenvalue weighted by Gasteiger charge is -2.20. The highest BCUT2D eigenvalue weighted by molar-refractivity contribution is 7.93. The van der Waals surface area contributed by atoms with Crippen LogP contribution in [0.25, 0.3) is 0 Å². The van der Waals surface area contributed by atoms with Gasteiger partial charge in [-0.3, -0.25) is 9.10 Å². The van der Waals surface area contributed by atoms with Crippen LogP contribution in [0.2, 0.25) is 0 Å². The number of nitrogens with one attached hydrogen (secondary N) is 1. The maximum atomic E-state index is 12.0. The number of esters is 1. The molecule has 1 fully saturated rings. The summed E-state index contributed by atoms with van der Waals surface area (Å²) in [4.78, 5) is 22.9. The first-order chi connectivity index (χ1) is 10.9. The van der Waals surface area contributed by atoms with Gasteiger partial charge >= 0.3 is 11.9 Å². The smallest absolute Gasteiger partial charge is 0.397 e. The number of carbonyl (C=O) groups excluding carboxylic acids is 2. The highest BCUT2D eigenvalue weighted by atomic mass is 32.2. The van der Waals surface area contributed by atoms with E-state index in [0.29, 0.717) is 24.3 Å². The van der Waals surface area contributed by atoms with Crippen LogP contribution in [0.3, 0.4) is 0 Å². The van der Waals surface area contributed by atoms with Crippen molar-refractivity contribution in [2.24, 2.45) is 0 Å². The van der Waals surface area contributed by atoms with Crippen molar-refractivity contribution < 1.29 is 27.5 Å². The fourth-order valence-corrected chi connectivity index (χ4v) is 3.82. The number of anilines is 2. The Kier molecular flexibility index (Phi) is 5.09. The Balaban J connectivity index is 2.23. The Morgan fingerprint density at radius 2 is 2.09 bits per heavy atom. The summed E-state index contributed by atoms with van der Waals surface area (Å²) in [5, 5.41) is 2.38. The van der Waals surface area contributed by atoms with Crippen molar-refractivity contribution in [3.05, 3.63) is 18.2 Å². The summed E-state index contributed by atoms with van der Waals surface area (Å²) in [6.07, 6.45) is 0.548. The first kappa shape index (κ1) is 17.1. The molecular formula is C14H18N2O6S. The summed E-state index contributed by atoms with van der Waals surface area (Å²) in [6.45, 7) is 2.08. The molecule has 126 valence electrons. The third-order valence-electron chi connectivity index (χ3n) is 3.27. The maximum absolute atomic E-state index is 12.0. The van der Waals surface area contributed by atoms with Crippen molar-refractivity contribution in [3.63, 3.8) is 0 Å². The van der Waals surface area contributed by atoms with Gasteiger partial charge in [-0.1, -0.05) is 0 Å². The van der Waals surface area contributed by atoms with E-state index in [0.717, 1.165) is 0 Å². The standard InChI is InChI=1S/C14H18N2O6S/c1-3-22-14(18)13(17)15-10-5-6-11(12(9-10)21-2)16-7-4-8-23(16,19)20/h5-6,9H,3-4,7-8H2,1-2H3,(H,15,17). The summed E-state index contributed by atoms with van der Waals surface area (Å²) < 4.78 is 35.1. The molecule has 0 spiro atoms. The van der Waals surface area contributed by atoms with Crippen LogP contribution in [-0.2, 0) is 24.3 Å². The molecule has 1 aliphatic heterocycles. The molecule has 1 saturated heterocycles. The fourth-order valence-electron chi connectivity index (χ4n) is 2.25. The van der Waals surface area contributed by atoms with Crippen LogP contribution in [0, 0.1) is 0 Å². The molecule has 1 aromatic rings. The van der Waals surface area contributed by atoms with Crippen LogP contribution in [0.15, 0.2) is 18.2 Å². The monoisotopic (exact) mass is 342 g/mol. The van der Waals surface area contributed by atoms with E-state index in [1.165, 1.54) is 29.6 Å². The highest BCUT2D eigenvalue weighted by Gasteiger charge is 2.30. The fraction of sp³-hybridized carbons (Fsp3) is 0.429. The topological polar surface area (TPSA) is 102 Å². The molecular weight excluding hydrogens is 324 g/mol. The summed E-state index contributed by atoms with van der Waals surface area (Å²) in [6, 6.07) is 4.49. The molecule has 1 heterocycles. The minimum atomic E-state index is -3.34. The molecule has 0 bridgehead atoms. The quantitative estimate of drug-likeness (QED) is 0.639. The molecule has 0 atom stereocenters. The van der Waals surface area contributed by atoms with Gasteiger partial charge in [0.15, 0.2) is 0 Å². The Hall–Kier alpha value is -2.29. The van der Waals surface area contributed by atoms with Gasteiger partial charge in [-0.25, -0.2) is 13.2 Å². The molecule has 2 rings (SSSR count). The second-order valence-corrected chi connectivity index (χ2v) is 6.82. The molecule has 1 aromatic carbocycles. The number of hydrogen-bond donors (Lipinski definition) is 1. The lowest BCUT2D eigenvalue weighted by atomic mass is 10.2. The molecule has 1 aliphatic rings. The lowest BCUT2D eigenvalue weighted by molar-refractivity contribution is -0.152. The first-order valence-electron chi connectivity index (χ1n) is 7.05. The minimum Gasteiger partial charge on any atom is -0.494 e. The largest absolute Gasteiger partial charge is 0.494 e. The highest BCUT2D eigenvalue weighted by Crippen LogP contribution is 2.35. The van der Waals surface area contributed by atoms with E-state index in [1.807, 2.05) is 0 Å². The Morgan fingerprint density at radius 3 is 2.65 bits per heavy atom. The van der Waals surface area contributed by atoms with E-state index in [4.69, 9.17) is 4.74 Å². The van der Waals surface area contributed by atoms with Gasteiger partial charge in [0.25, 0.3) is 0 Å². The lowest BCUT2D eigenvalue weighted by Crippen LogP contribution is -2.26. The zero-order chi connectivity index (χ0) is 17.0. The number of benzene rings is 1. The number of nitrogens with zero attached hydrogens (tertiary/aromatic N) is 1. The zero-order valence-corrected chi connectivity index (χ0v) is 13.7. The van der Waals surface area contributed by atoms with Crippen LogP contribution in [0.4, 0.5) is 11.4 Å². The summed E-state index contributed by atoms with van der Waals surface area (Å²) in [5.41, 5.74) is 0.708. The first-order valence-corrected chi connectivity index (χ1v) is 8.66. The normalized spacial score (nSPS) is 16.0. The van der Waals surface area contributed by atoms with Gasteiger partial charge in [0.2, 0.25) is 10.0 Å². The van der Waals surface area contributed by atoms with E-state index in [2.05, 4.69) is 10.1 Å². The van der Waals surface area contributed by atoms with E-state index in [9.17, 15) is 18.0 Å².